The first kappa shape index (κ1) is 15.6. The van der Waals surface area contributed by atoms with Crippen LogP contribution in [0.4, 0.5) is 5.82 Å². The third-order valence-corrected chi connectivity index (χ3v) is 3.66. The number of nitrogens with two attached hydrogens (primary N) is 1. The highest BCUT2D eigenvalue weighted by molar-refractivity contribution is 5.36. The van der Waals surface area contributed by atoms with E-state index in [-0.39, 0.29) is 12.4 Å². The molecule has 1 saturated heterocycles. The van der Waals surface area contributed by atoms with Gasteiger partial charge in [0.1, 0.15) is 24.1 Å². The van der Waals surface area contributed by atoms with Crippen molar-refractivity contribution in [3.63, 3.8) is 0 Å². The zero-order valence-electron chi connectivity index (χ0n) is 11.9. The SMILES string of the molecule is Nc1nc(=O)n(C2OC(CO)C(O)C2O)cc1Cn1ccnn1. The molecule has 0 spiro atoms. The number of hydrogen-bond acceptors (Lipinski definition) is 9. The highest BCUT2D eigenvalue weighted by Crippen LogP contribution is 2.28. The minimum Gasteiger partial charge on any atom is -0.394 e. The third-order valence-electron chi connectivity index (χ3n) is 3.66. The van der Waals surface area contributed by atoms with Crippen LogP contribution in [0.2, 0.25) is 0 Å². The molecule has 2 aromatic heterocycles. The van der Waals surface area contributed by atoms with E-state index >= 15 is 0 Å². The molecule has 4 unspecified atom stereocenters. The van der Waals surface area contributed by atoms with Crippen molar-refractivity contribution in [2.24, 2.45) is 0 Å². The molecule has 5 N–H and O–H groups in total. The Kier molecular flexibility index (Phi) is 4.09. The summed E-state index contributed by atoms with van der Waals surface area (Å²) in [6.07, 6.45) is -0.363. The normalized spacial score (nSPS) is 27.4. The summed E-state index contributed by atoms with van der Waals surface area (Å²) in [6.45, 7) is -0.272. The van der Waals surface area contributed by atoms with Crippen LogP contribution in [-0.2, 0) is 11.3 Å². The van der Waals surface area contributed by atoms with Gasteiger partial charge in [-0.3, -0.25) is 4.57 Å². The summed E-state index contributed by atoms with van der Waals surface area (Å²) >= 11 is 0. The molecule has 23 heavy (non-hydrogen) atoms. The van der Waals surface area contributed by atoms with Crippen LogP contribution in [0.3, 0.4) is 0 Å². The van der Waals surface area contributed by atoms with Crippen LogP contribution in [0.5, 0.6) is 0 Å². The van der Waals surface area contributed by atoms with Crippen LogP contribution >= 0.6 is 0 Å². The van der Waals surface area contributed by atoms with Crippen molar-refractivity contribution in [1.29, 1.82) is 0 Å². The average Bonchev–Trinajstić information content (AvgIpc) is 3.12. The Bertz CT molecular complexity index is 732. The number of nitrogens with zero attached hydrogens (tertiary/aromatic N) is 5. The first-order valence-corrected chi connectivity index (χ1v) is 6.85. The molecule has 2 aromatic rings. The molecule has 124 valence electrons. The van der Waals surface area contributed by atoms with Gasteiger partial charge < -0.3 is 25.8 Å². The van der Waals surface area contributed by atoms with Gasteiger partial charge in [-0.15, -0.1) is 5.10 Å². The van der Waals surface area contributed by atoms with Gasteiger partial charge in [-0.1, -0.05) is 5.21 Å². The smallest absolute Gasteiger partial charge is 0.351 e. The fourth-order valence-electron chi connectivity index (χ4n) is 2.43. The summed E-state index contributed by atoms with van der Waals surface area (Å²) in [5, 5.41) is 36.4. The maximum atomic E-state index is 12.0. The quantitative estimate of drug-likeness (QED) is 0.461. The fraction of sp³-hybridized carbons (Fsp3) is 0.500. The van der Waals surface area contributed by atoms with E-state index in [0.717, 1.165) is 4.57 Å². The summed E-state index contributed by atoms with van der Waals surface area (Å²) < 4.78 is 7.85. The summed E-state index contributed by atoms with van der Waals surface area (Å²) in [4.78, 5) is 15.7. The molecule has 1 aliphatic heterocycles. The molecule has 11 heteroatoms. The molecule has 1 fully saturated rings. The van der Waals surface area contributed by atoms with Gasteiger partial charge in [-0.05, 0) is 0 Å². The summed E-state index contributed by atoms with van der Waals surface area (Å²) in [7, 11) is 0. The van der Waals surface area contributed by atoms with E-state index in [0.29, 0.717) is 5.56 Å². The Morgan fingerprint density at radius 3 is 2.74 bits per heavy atom. The maximum Gasteiger partial charge on any atom is 0.351 e. The van der Waals surface area contributed by atoms with Crippen LogP contribution in [0.1, 0.15) is 11.8 Å². The summed E-state index contributed by atoms with van der Waals surface area (Å²) in [5.74, 6) is 0.0218. The topological polar surface area (TPSA) is 162 Å². The zero-order valence-corrected chi connectivity index (χ0v) is 11.9. The third kappa shape index (κ3) is 2.82. The van der Waals surface area contributed by atoms with Crippen molar-refractivity contribution < 1.29 is 20.1 Å². The number of ether oxygens (including phenoxy) is 1. The van der Waals surface area contributed by atoms with Gasteiger partial charge in [0.2, 0.25) is 0 Å². The van der Waals surface area contributed by atoms with Crippen LogP contribution in [-0.4, -0.2) is 64.8 Å². The van der Waals surface area contributed by atoms with Gasteiger partial charge in [0.25, 0.3) is 0 Å². The molecule has 0 aliphatic carbocycles. The van der Waals surface area contributed by atoms with Crippen LogP contribution in [0.15, 0.2) is 23.4 Å². The Hall–Kier alpha value is -2.34. The van der Waals surface area contributed by atoms with Crippen molar-refractivity contribution in [1.82, 2.24) is 24.5 Å². The van der Waals surface area contributed by atoms with Gasteiger partial charge in [0.15, 0.2) is 6.23 Å². The predicted molar refractivity (Wildman–Crippen MR) is 75.0 cm³/mol. The van der Waals surface area contributed by atoms with E-state index in [1.165, 1.54) is 17.1 Å². The Morgan fingerprint density at radius 2 is 2.13 bits per heavy atom. The molecule has 3 heterocycles. The minimum absolute atomic E-state index is 0.0218. The molecule has 11 nitrogen and oxygen atoms in total. The van der Waals surface area contributed by atoms with Gasteiger partial charge in [-0.2, -0.15) is 4.98 Å². The van der Waals surface area contributed by atoms with E-state index in [9.17, 15) is 15.0 Å². The van der Waals surface area contributed by atoms with Crippen LogP contribution < -0.4 is 11.4 Å². The molecular weight excluding hydrogens is 308 g/mol. The molecule has 4 atom stereocenters. The van der Waals surface area contributed by atoms with Crippen LogP contribution in [0.25, 0.3) is 0 Å². The lowest BCUT2D eigenvalue weighted by molar-refractivity contribution is -0.0550. The monoisotopic (exact) mass is 324 g/mol. The molecular formula is C12H16N6O5. The number of aliphatic hydroxyl groups is 3. The first-order chi connectivity index (χ1) is 11.0. The number of anilines is 1. The largest absolute Gasteiger partial charge is 0.394 e. The summed E-state index contributed by atoms with van der Waals surface area (Å²) in [5.41, 5.74) is 5.47. The second-order valence-corrected chi connectivity index (χ2v) is 5.17. The van der Waals surface area contributed by atoms with E-state index in [4.69, 9.17) is 15.6 Å². The summed E-state index contributed by atoms with van der Waals surface area (Å²) in [6, 6.07) is 0. The van der Waals surface area contributed by atoms with E-state index in [1.54, 1.807) is 6.20 Å². The standard InChI is InChI=1S/C12H16N6O5/c13-10-6(3-17-2-1-14-16-17)4-18(12(22)15-10)11-9(21)8(20)7(5-19)23-11/h1-2,4,7-9,11,19-21H,3,5H2,(H2,13,15,22). The highest BCUT2D eigenvalue weighted by atomic mass is 16.6. The lowest BCUT2D eigenvalue weighted by Crippen LogP contribution is -2.36. The van der Waals surface area contributed by atoms with Gasteiger partial charge in [0, 0.05) is 18.0 Å². The molecule has 0 bridgehead atoms. The Labute approximate surface area is 129 Å². The fourth-order valence-corrected chi connectivity index (χ4v) is 2.43. The molecule has 0 radical (unpaired) electrons. The lowest BCUT2D eigenvalue weighted by Gasteiger charge is -2.18. The van der Waals surface area contributed by atoms with Gasteiger partial charge in [-0.25, -0.2) is 9.48 Å². The molecule has 1 aliphatic rings. The molecule has 0 aromatic carbocycles. The first-order valence-electron chi connectivity index (χ1n) is 6.85. The number of rotatable bonds is 4. The molecule has 0 amide bonds. The van der Waals surface area contributed by atoms with Crippen molar-refractivity contribution >= 4 is 5.82 Å². The lowest BCUT2D eigenvalue weighted by atomic mass is 10.1. The van der Waals surface area contributed by atoms with Crippen molar-refractivity contribution in [3.05, 3.63) is 34.6 Å². The highest BCUT2D eigenvalue weighted by Gasteiger charge is 2.43. The zero-order chi connectivity index (χ0) is 16.6. The predicted octanol–water partition coefficient (Wildman–Crippen LogP) is -2.92. The molecule has 3 rings (SSSR count). The van der Waals surface area contributed by atoms with Gasteiger partial charge in [0.05, 0.1) is 19.3 Å². The number of hydrogen-bond donors (Lipinski definition) is 4. The number of nitrogen functional groups attached to an aromatic ring is 1. The van der Waals surface area contributed by atoms with Crippen molar-refractivity contribution in [3.8, 4) is 0 Å². The van der Waals surface area contributed by atoms with Crippen molar-refractivity contribution in [2.45, 2.75) is 31.1 Å². The Balaban J connectivity index is 1.95. The second kappa shape index (κ2) is 6.04. The number of aromatic nitrogens is 5. The Morgan fingerprint density at radius 1 is 1.35 bits per heavy atom. The second-order valence-electron chi connectivity index (χ2n) is 5.17. The average molecular weight is 324 g/mol. The van der Waals surface area contributed by atoms with E-state index in [2.05, 4.69) is 15.3 Å². The van der Waals surface area contributed by atoms with E-state index < -0.39 is 36.8 Å². The van der Waals surface area contributed by atoms with Gasteiger partial charge >= 0.3 is 5.69 Å². The number of aliphatic hydroxyl groups excluding tert-OH is 3. The van der Waals surface area contributed by atoms with Crippen molar-refractivity contribution in [2.75, 3.05) is 12.3 Å². The van der Waals surface area contributed by atoms with Crippen LogP contribution in [0, 0.1) is 0 Å². The van der Waals surface area contributed by atoms with E-state index in [1.807, 2.05) is 0 Å². The maximum absolute atomic E-state index is 12.0. The molecule has 0 saturated carbocycles. The minimum atomic E-state index is -1.38.